The normalized spacial score (nSPS) is 18.3. The summed E-state index contributed by atoms with van der Waals surface area (Å²) in [4.78, 5) is 77.1. The van der Waals surface area contributed by atoms with Crippen molar-refractivity contribution >= 4 is 34.5 Å². The van der Waals surface area contributed by atoms with Crippen LogP contribution < -0.4 is 27.3 Å². The molecule has 2 aromatic carbocycles. The Morgan fingerprint density at radius 1 is 0.765 bits per heavy atom. The van der Waals surface area contributed by atoms with E-state index in [1.165, 1.54) is 42.5 Å². The monoisotopic (exact) mass is 1190 g/mol. The quantitative estimate of drug-likeness (QED) is 0.0180. The number of carbonyl (C=O) groups excluding carboxylic acids is 3. The number of aliphatic hydroxyl groups excluding tert-OH is 2. The third-order valence-electron chi connectivity index (χ3n) is 12.2. The van der Waals surface area contributed by atoms with Crippen LogP contribution in [0.5, 0.6) is 5.75 Å². The number of methoxy groups -OCH3 is 1. The summed E-state index contributed by atoms with van der Waals surface area (Å²) >= 11 is 0. The van der Waals surface area contributed by atoms with Gasteiger partial charge in [-0.2, -0.15) is 74.6 Å². The summed E-state index contributed by atoms with van der Waals surface area (Å²) in [6.07, 6.45) is -18.5. The first-order valence-corrected chi connectivity index (χ1v) is 22.5. The summed E-state index contributed by atoms with van der Waals surface area (Å²) in [5, 5.41) is 33.2. The standard InChI is InChI=1S/C46H37F17N4O14/c1-77-37(75)26-14-19(2-5-23(26)33-24-6-3-21(69)15-27(24)80-28-16-22(70)4-7-25(28)33)64-30(71)8-9-32(73)79-18-20(11-13-78-35-34(74)29(17-68)81-36(35)67-12-10-31(72)65-38(67)76)66-46(62,63)44(57,58)42(53,54)40(49,50)39(47,48)41(51,52)43(55,56)45(59,60)61/h2-7,10,12,14-16,20,29,34-36,66,68-69,74H,8-9,11,13,17-18H2,1H3,(H,64,71)(H,65,72,76)/t20?,29?,34-,35?,36?/m0/s1. The van der Waals surface area contributed by atoms with Crippen LogP contribution in [0.2, 0.25) is 0 Å². The number of H-pyrrole nitrogens is 1. The molecule has 1 saturated heterocycles. The van der Waals surface area contributed by atoms with Crippen molar-refractivity contribution in [3.63, 3.8) is 0 Å². The Hall–Kier alpha value is -7.37. The number of hydrogen-bond donors (Lipinski definition) is 6. The summed E-state index contributed by atoms with van der Waals surface area (Å²) < 4.78 is 266. The number of phenolic OH excluding ortho intramolecular Hbond substituents is 1. The minimum Gasteiger partial charge on any atom is -0.508 e. The molecule has 1 aliphatic carbocycles. The van der Waals surface area contributed by atoms with Crippen molar-refractivity contribution < 1.29 is 128 Å². The maximum atomic E-state index is 15.3. The van der Waals surface area contributed by atoms with Crippen LogP contribution >= 0.6 is 0 Å². The minimum atomic E-state index is -8.94. The molecule has 1 fully saturated rings. The first-order valence-electron chi connectivity index (χ1n) is 22.5. The largest absolute Gasteiger partial charge is 0.508 e. The van der Waals surface area contributed by atoms with Crippen LogP contribution in [0.3, 0.4) is 0 Å². The minimum absolute atomic E-state index is 0.00602. The number of fused-ring (bicyclic) bond motifs is 2. The second kappa shape index (κ2) is 22.5. The van der Waals surface area contributed by atoms with Gasteiger partial charge in [0.05, 0.1) is 25.7 Å². The van der Waals surface area contributed by atoms with Crippen LogP contribution in [0, 0.1) is 0 Å². The highest BCUT2D eigenvalue weighted by Crippen LogP contribution is 2.64. The molecular weight excluding hydrogens is 1160 g/mol. The van der Waals surface area contributed by atoms with Gasteiger partial charge in [-0.25, -0.2) is 14.9 Å². The van der Waals surface area contributed by atoms with Gasteiger partial charge in [0, 0.05) is 65.7 Å². The SMILES string of the molecule is COC(=O)c1cc(NC(=O)CCC(=O)OCC(CCOC2C(n3ccc(=O)[nH]c3=O)OC(CO)[C@@H]2O)NC(F)(F)C(F)(F)C(F)(F)C(F)(F)C(F)(F)C(F)(F)C(F)(F)C(F)(F)F)ccc1-c1c2ccc(=O)cc-2oc2cc(O)ccc12. The molecule has 0 saturated carbocycles. The number of aromatic nitrogens is 2. The van der Waals surface area contributed by atoms with Crippen molar-refractivity contribution in [2.75, 3.05) is 32.2 Å². The Bertz CT molecular complexity index is 3320. The number of ether oxygens (including phenoxy) is 4. The molecule has 18 nitrogen and oxygen atoms in total. The van der Waals surface area contributed by atoms with Crippen LogP contribution in [0.15, 0.2) is 85.7 Å². The van der Waals surface area contributed by atoms with E-state index in [1.54, 1.807) is 4.98 Å². The fraction of sp³-hybridized carbons (Fsp3) is 0.435. The number of carbonyl (C=O) groups is 3. The van der Waals surface area contributed by atoms with Gasteiger partial charge in [-0.15, -0.1) is 0 Å². The highest BCUT2D eigenvalue weighted by Gasteiger charge is 2.95. The van der Waals surface area contributed by atoms with E-state index in [-0.39, 0.29) is 50.4 Å². The summed E-state index contributed by atoms with van der Waals surface area (Å²) in [5.41, 5.74) is -2.59. The van der Waals surface area contributed by atoms with Gasteiger partial charge in [-0.1, -0.05) is 6.07 Å². The molecule has 81 heavy (non-hydrogen) atoms. The van der Waals surface area contributed by atoms with Crippen LogP contribution in [0.4, 0.5) is 80.3 Å². The lowest BCUT2D eigenvalue weighted by Crippen LogP contribution is -2.76. The number of nitrogens with one attached hydrogen (secondary N) is 3. The number of aromatic amines is 1. The van der Waals surface area contributed by atoms with Crippen molar-refractivity contribution in [1.29, 1.82) is 0 Å². The van der Waals surface area contributed by atoms with Gasteiger partial charge in [-0.3, -0.25) is 28.7 Å². The van der Waals surface area contributed by atoms with Gasteiger partial charge in [-0.05, 0) is 48.4 Å². The van der Waals surface area contributed by atoms with Crippen LogP contribution in [-0.2, 0) is 28.5 Å². The zero-order chi connectivity index (χ0) is 60.8. The third kappa shape index (κ3) is 11.6. The second-order valence-corrected chi connectivity index (χ2v) is 17.5. The fourth-order valence-corrected chi connectivity index (χ4v) is 7.93. The van der Waals surface area contributed by atoms with E-state index in [2.05, 4.69) is 10.1 Å². The molecule has 3 aliphatic rings. The van der Waals surface area contributed by atoms with E-state index < -0.39 is 152 Å². The van der Waals surface area contributed by atoms with E-state index >= 15 is 17.6 Å². The summed E-state index contributed by atoms with van der Waals surface area (Å²) in [5.74, 6) is -56.1. The molecule has 0 spiro atoms. The Morgan fingerprint density at radius 2 is 1.38 bits per heavy atom. The summed E-state index contributed by atoms with van der Waals surface area (Å²) in [6.45, 7) is -4.32. The Kier molecular flexibility index (Phi) is 17.5. The Labute approximate surface area is 438 Å². The number of benzene rings is 3. The first kappa shape index (κ1) is 62.8. The van der Waals surface area contributed by atoms with E-state index in [1.807, 2.05) is 0 Å². The van der Waals surface area contributed by atoms with Crippen LogP contribution in [0.25, 0.3) is 33.4 Å². The molecule has 0 bridgehead atoms. The van der Waals surface area contributed by atoms with Gasteiger partial charge in [0.2, 0.25) is 5.91 Å². The van der Waals surface area contributed by atoms with Crippen LogP contribution in [-0.4, -0.2) is 142 Å². The number of rotatable bonds is 22. The number of anilines is 1. The molecule has 3 heterocycles. The Balaban J connectivity index is 1.23. The summed E-state index contributed by atoms with van der Waals surface area (Å²) in [7, 11) is 0.982. The third-order valence-corrected chi connectivity index (χ3v) is 12.2. The number of amides is 1. The lowest BCUT2D eigenvalue weighted by atomic mass is 9.90. The van der Waals surface area contributed by atoms with Crippen LogP contribution in [0.1, 0.15) is 35.8 Å². The van der Waals surface area contributed by atoms with Crippen molar-refractivity contribution in [3.05, 3.63) is 103 Å². The van der Waals surface area contributed by atoms with E-state index in [4.69, 9.17) is 18.6 Å². The molecule has 3 aromatic rings. The van der Waals surface area contributed by atoms with E-state index in [0.717, 1.165) is 25.4 Å². The van der Waals surface area contributed by atoms with Gasteiger partial charge < -0.3 is 44.0 Å². The molecule has 444 valence electrons. The lowest BCUT2D eigenvalue weighted by molar-refractivity contribution is -0.463. The van der Waals surface area contributed by atoms with Gasteiger partial charge >= 0.3 is 65.4 Å². The Morgan fingerprint density at radius 3 is 1.99 bits per heavy atom. The van der Waals surface area contributed by atoms with E-state index in [0.29, 0.717) is 16.0 Å². The summed E-state index contributed by atoms with van der Waals surface area (Å²) in [6, 6.07) is 1.61. The zero-order valence-corrected chi connectivity index (χ0v) is 40.2. The van der Waals surface area contributed by atoms with Crippen molar-refractivity contribution in [2.24, 2.45) is 0 Å². The number of nitrogens with zero attached hydrogens (tertiary/aromatic N) is 1. The van der Waals surface area contributed by atoms with Crippen molar-refractivity contribution in [3.8, 4) is 28.2 Å². The number of alkyl halides is 17. The smallest absolute Gasteiger partial charge is 0.460 e. The molecule has 2 aliphatic heterocycles. The second-order valence-electron chi connectivity index (χ2n) is 17.5. The molecule has 6 rings (SSSR count). The molecule has 4 unspecified atom stereocenters. The molecule has 35 heteroatoms. The maximum Gasteiger partial charge on any atom is 0.460 e. The topological polar surface area (TPSA) is 258 Å². The van der Waals surface area contributed by atoms with Gasteiger partial charge in [0.25, 0.3) is 5.56 Å². The average Bonchev–Trinajstić information content (AvgIpc) is 3.83. The number of hydrogen-bond acceptors (Lipinski definition) is 15. The molecular formula is C46H37F17N4O14. The predicted molar refractivity (Wildman–Crippen MR) is 237 cm³/mol. The highest BCUT2D eigenvalue weighted by atomic mass is 19.4. The number of aliphatic hydroxyl groups is 2. The molecule has 6 N–H and O–H groups in total. The average molecular weight is 1190 g/mol. The molecule has 1 amide bonds. The first-order chi connectivity index (χ1) is 37.3. The number of halogens is 17. The lowest BCUT2D eigenvalue weighted by Gasteiger charge is -2.43. The van der Waals surface area contributed by atoms with Gasteiger partial charge in [0.1, 0.15) is 42.0 Å². The molecule has 0 radical (unpaired) electrons. The van der Waals surface area contributed by atoms with Gasteiger partial charge in [0.15, 0.2) is 11.7 Å². The maximum absolute atomic E-state index is 15.3. The molecule has 5 atom stereocenters. The zero-order valence-electron chi connectivity index (χ0n) is 40.2. The number of phenols is 1. The van der Waals surface area contributed by atoms with Crippen molar-refractivity contribution in [2.45, 2.75) is 97.6 Å². The predicted octanol–water partition coefficient (Wildman–Crippen LogP) is 6.82. The molecule has 1 aromatic heterocycles. The fourth-order valence-electron chi connectivity index (χ4n) is 7.93. The number of aromatic hydroxyl groups is 1. The van der Waals surface area contributed by atoms with E-state index in [9.17, 15) is 101 Å². The highest BCUT2D eigenvalue weighted by molar-refractivity contribution is 6.09. The van der Waals surface area contributed by atoms with Crippen molar-refractivity contribution in [1.82, 2.24) is 14.9 Å². The number of esters is 2.